The molecule has 0 saturated carbocycles. The van der Waals surface area contributed by atoms with Crippen molar-refractivity contribution in [2.45, 2.75) is 6.92 Å². The van der Waals surface area contributed by atoms with E-state index in [9.17, 15) is 13.6 Å². The summed E-state index contributed by atoms with van der Waals surface area (Å²) >= 11 is 0. The average molecular weight is 274 g/mol. The van der Waals surface area contributed by atoms with Crippen LogP contribution in [-0.2, 0) is 0 Å². The van der Waals surface area contributed by atoms with Crippen LogP contribution < -0.4 is 10.3 Å². The van der Waals surface area contributed by atoms with Crippen molar-refractivity contribution in [1.82, 2.24) is 0 Å². The Kier molecular flexibility index (Phi) is 2.82. The summed E-state index contributed by atoms with van der Waals surface area (Å²) in [7, 11) is 0. The maximum absolute atomic E-state index is 13.8. The van der Waals surface area contributed by atoms with Crippen LogP contribution in [0.1, 0.15) is 5.56 Å². The van der Waals surface area contributed by atoms with Crippen LogP contribution in [0.3, 0.4) is 0 Å². The van der Waals surface area contributed by atoms with Gasteiger partial charge >= 0.3 is 5.76 Å². The van der Waals surface area contributed by atoms with Crippen molar-refractivity contribution >= 4 is 11.0 Å². The van der Waals surface area contributed by atoms with Crippen LogP contribution in [-0.4, -0.2) is 0 Å². The van der Waals surface area contributed by atoms with E-state index in [1.165, 1.54) is 18.3 Å². The van der Waals surface area contributed by atoms with Crippen molar-refractivity contribution in [1.29, 1.82) is 0 Å². The Hall–Kier alpha value is -2.56. The number of nitrogens with zero attached hydrogens (tertiary/aromatic N) is 1. The normalized spacial score (nSPS) is 10.9. The first-order valence-electron chi connectivity index (χ1n) is 5.97. The van der Waals surface area contributed by atoms with Gasteiger partial charge in [-0.2, -0.15) is 9.18 Å². The maximum atomic E-state index is 13.8. The average Bonchev–Trinajstić information content (AvgIpc) is 2.43. The van der Waals surface area contributed by atoms with Gasteiger partial charge in [0.05, 0.1) is 5.39 Å². The molecule has 0 N–H and O–H groups in total. The van der Waals surface area contributed by atoms with Crippen LogP contribution in [0.15, 0.2) is 51.8 Å². The Morgan fingerprint density at radius 3 is 2.65 bits per heavy atom. The number of hydrogen-bond acceptors (Lipinski definition) is 2. The zero-order chi connectivity index (χ0) is 14.3. The zero-order valence-corrected chi connectivity index (χ0v) is 10.6. The van der Waals surface area contributed by atoms with Crippen LogP contribution in [0, 0.1) is 18.6 Å². The number of hydrogen-bond donors (Lipinski definition) is 0. The highest BCUT2D eigenvalue weighted by Crippen LogP contribution is 2.16. The van der Waals surface area contributed by atoms with Crippen LogP contribution in [0.5, 0.6) is 0 Å². The molecule has 0 bridgehead atoms. The third-order valence-corrected chi connectivity index (χ3v) is 3.09. The molecule has 0 fully saturated rings. The maximum Gasteiger partial charge on any atom is 0.608 e. The van der Waals surface area contributed by atoms with Crippen LogP contribution in [0.2, 0.25) is 0 Å². The minimum Gasteiger partial charge on any atom is -0.371 e. The Balaban J connectivity index is 2.35. The second-order valence-electron chi connectivity index (χ2n) is 4.43. The molecule has 0 atom stereocenters. The lowest BCUT2D eigenvalue weighted by Gasteiger charge is -2.00. The third kappa shape index (κ3) is 1.87. The van der Waals surface area contributed by atoms with E-state index in [0.717, 1.165) is 16.2 Å². The second-order valence-corrected chi connectivity index (χ2v) is 4.43. The molecule has 2 aromatic carbocycles. The molecule has 0 spiro atoms. The lowest BCUT2D eigenvalue weighted by atomic mass is 10.2. The minimum atomic E-state index is -1.09. The number of rotatable bonds is 1. The molecule has 0 aliphatic carbocycles. The fourth-order valence-electron chi connectivity index (χ4n) is 2.09. The highest BCUT2D eigenvalue weighted by molar-refractivity contribution is 5.77. The largest absolute Gasteiger partial charge is 0.608 e. The van der Waals surface area contributed by atoms with Gasteiger partial charge in [-0.1, -0.05) is 22.8 Å². The molecular weight excluding hydrogens is 264 g/mol. The van der Waals surface area contributed by atoms with Crippen molar-refractivity contribution in [2.24, 2.45) is 0 Å². The first-order valence-corrected chi connectivity index (χ1v) is 5.97. The van der Waals surface area contributed by atoms with Gasteiger partial charge in [0.1, 0.15) is 0 Å². The fraction of sp³-hybridized carbons (Fsp3) is 0.0667. The summed E-state index contributed by atoms with van der Waals surface area (Å²) in [6.45, 7) is 1.80. The standard InChI is InChI=1S/C15H10F2NO2/c1-9-4-2-5-10-8-18(15(19)20-14(9)10)12-7-3-6-11(16)13(12)17/h2-8H,1H3/q+1. The van der Waals surface area contributed by atoms with E-state index in [0.29, 0.717) is 11.0 Å². The smallest absolute Gasteiger partial charge is 0.371 e. The number of para-hydroxylation sites is 1. The predicted molar refractivity (Wildman–Crippen MR) is 68.7 cm³/mol. The van der Waals surface area contributed by atoms with Gasteiger partial charge in [-0.25, -0.2) is 4.39 Å². The summed E-state index contributed by atoms with van der Waals surface area (Å²) in [5.74, 6) is -2.87. The molecule has 3 nitrogen and oxygen atoms in total. The SMILES string of the molecule is Cc1cccc2c[n+](-c3cccc(F)c3F)c(=O)oc12. The summed E-state index contributed by atoms with van der Waals surface area (Å²) in [6.07, 6.45) is 1.44. The van der Waals surface area contributed by atoms with Crippen molar-refractivity contribution in [3.63, 3.8) is 0 Å². The van der Waals surface area contributed by atoms with Crippen molar-refractivity contribution in [3.05, 3.63) is 70.3 Å². The fourth-order valence-corrected chi connectivity index (χ4v) is 2.09. The molecular formula is C15H10F2NO2+. The molecule has 0 aliphatic rings. The molecule has 5 heteroatoms. The third-order valence-electron chi connectivity index (χ3n) is 3.09. The van der Waals surface area contributed by atoms with Gasteiger partial charge in [-0.3, -0.25) is 0 Å². The number of aryl methyl sites for hydroxylation is 1. The molecule has 1 aromatic heterocycles. The molecule has 100 valence electrons. The topological polar surface area (TPSA) is 34.1 Å². The molecule has 3 aromatic rings. The highest BCUT2D eigenvalue weighted by Gasteiger charge is 2.22. The van der Waals surface area contributed by atoms with Crippen LogP contribution in [0.25, 0.3) is 16.7 Å². The summed E-state index contributed by atoms with van der Waals surface area (Å²) in [5.41, 5.74) is 1.05. The van der Waals surface area contributed by atoms with Crippen LogP contribution in [0.4, 0.5) is 8.78 Å². The zero-order valence-electron chi connectivity index (χ0n) is 10.6. The number of aromatic nitrogens is 1. The van der Waals surface area contributed by atoms with E-state index < -0.39 is 17.4 Å². The molecule has 0 radical (unpaired) electrons. The summed E-state index contributed by atoms with van der Waals surface area (Å²) in [4.78, 5) is 12.0. The molecule has 0 unspecified atom stereocenters. The van der Waals surface area contributed by atoms with Gasteiger partial charge in [0.2, 0.25) is 5.82 Å². The minimum absolute atomic E-state index is 0.179. The number of fused-ring (bicyclic) bond motifs is 1. The van der Waals surface area contributed by atoms with Crippen molar-refractivity contribution < 1.29 is 17.8 Å². The lowest BCUT2D eigenvalue weighted by Crippen LogP contribution is -2.47. The monoisotopic (exact) mass is 274 g/mol. The summed E-state index contributed by atoms with van der Waals surface area (Å²) in [6, 6.07) is 8.98. The van der Waals surface area contributed by atoms with Gasteiger partial charge in [-0.15, -0.1) is 0 Å². The Morgan fingerprint density at radius 2 is 1.85 bits per heavy atom. The Labute approximate surface area is 112 Å². The van der Waals surface area contributed by atoms with Crippen molar-refractivity contribution in [2.75, 3.05) is 0 Å². The lowest BCUT2D eigenvalue weighted by molar-refractivity contribution is -0.625. The predicted octanol–water partition coefficient (Wildman–Crippen LogP) is 2.66. The van der Waals surface area contributed by atoms with E-state index in [-0.39, 0.29) is 5.69 Å². The van der Waals surface area contributed by atoms with E-state index in [2.05, 4.69) is 0 Å². The Bertz CT molecular complexity index is 871. The molecule has 3 rings (SSSR count). The van der Waals surface area contributed by atoms with Crippen molar-refractivity contribution in [3.8, 4) is 5.69 Å². The Morgan fingerprint density at radius 1 is 1.10 bits per heavy atom. The number of benzene rings is 2. The first kappa shape index (κ1) is 12.5. The quantitative estimate of drug-likeness (QED) is 0.639. The van der Waals surface area contributed by atoms with E-state index in [1.807, 2.05) is 0 Å². The molecule has 20 heavy (non-hydrogen) atoms. The van der Waals surface area contributed by atoms with Gasteiger partial charge in [0.15, 0.2) is 17.6 Å². The highest BCUT2D eigenvalue weighted by atomic mass is 19.2. The molecule has 0 saturated heterocycles. The summed E-state index contributed by atoms with van der Waals surface area (Å²) < 4.78 is 33.2. The van der Waals surface area contributed by atoms with Gasteiger partial charge < -0.3 is 4.42 Å². The van der Waals surface area contributed by atoms with E-state index in [1.54, 1.807) is 25.1 Å². The van der Waals surface area contributed by atoms with Gasteiger partial charge in [-0.05, 0) is 24.6 Å². The second kappa shape index (κ2) is 4.52. The van der Waals surface area contributed by atoms with E-state index in [4.69, 9.17) is 4.42 Å². The van der Waals surface area contributed by atoms with Gasteiger partial charge in [0.25, 0.3) is 5.69 Å². The van der Waals surface area contributed by atoms with Gasteiger partial charge in [0, 0.05) is 6.07 Å². The van der Waals surface area contributed by atoms with E-state index >= 15 is 0 Å². The molecule has 1 heterocycles. The number of halogens is 2. The first-order chi connectivity index (χ1) is 9.58. The molecule has 0 amide bonds. The molecule has 0 aliphatic heterocycles. The summed E-state index contributed by atoms with van der Waals surface area (Å²) in [5, 5.41) is 0.633. The van der Waals surface area contributed by atoms with Crippen LogP contribution >= 0.6 is 0 Å².